The van der Waals surface area contributed by atoms with E-state index in [4.69, 9.17) is 0 Å². The Balaban J connectivity index is 1.70. The quantitative estimate of drug-likeness (QED) is 0.876. The Hall–Kier alpha value is -0.860. The zero-order valence-corrected chi connectivity index (χ0v) is 12.7. The molecule has 2 rings (SSSR count). The SMILES string of the molecule is Cc1cccc(CCNC(C)C2CCN(C)CC2)c1. The minimum atomic E-state index is 0.651. The van der Waals surface area contributed by atoms with Crippen LogP contribution >= 0.6 is 0 Å². The van der Waals surface area contributed by atoms with E-state index in [1.165, 1.54) is 37.1 Å². The molecule has 2 heteroatoms. The Bertz CT molecular complexity index is 381. The molecule has 0 aliphatic carbocycles. The topological polar surface area (TPSA) is 15.3 Å². The van der Waals surface area contributed by atoms with Crippen molar-refractivity contribution in [1.82, 2.24) is 10.2 Å². The van der Waals surface area contributed by atoms with E-state index in [-0.39, 0.29) is 0 Å². The molecule has 0 radical (unpaired) electrons. The molecule has 2 nitrogen and oxygen atoms in total. The average molecular weight is 260 g/mol. The van der Waals surface area contributed by atoms with Crippen molar-refractivity contribution in [2.75, 3.05) is 26.7 Å². The van der Waals surface area contributed by atoms with E-state index < -0.39 is 0 Å². The highest BCUT2D eigenvalue weighted by atomic mass is 15.1. The molecule has 1 unspecified atom stereocenters. The molecule has 1 aliphatic rings. The highest BCUT2D eigenvalue weighted by Gasteiger charge is 2.21. The Kier molecular flexibility index (Phi) is 5.41. The fraction of sp³-hybridized carbons (Fsp3) is 0.647. The molecule has 0 spiro atoms. The first kappa shape index (κ1) is 14.5. The lowest BCUT2D eigenvalue weighted by molar-refractivity contribution is 0.190. The molecule has 106 valence electrons. The molecule has 1 fully saturated rings. The van der Waals surface area contributed by atoms with Crippen molar-refractivity contribution in [3.63, 3.8) is 0 Å². The van der Waals surface area contributed by atoms with Crippen LogP contribution in [0.1, 0.15) is 30.9 Å². The summed E-state index contributed by atoms with van der Waals surface area (Å²) in [7, 11) is 2.23. The summed E-state index contributed by atoms with van der Waals surface area (Å²) in [5.74, 6) is 0.855. The van der Waals surface area contributed by atoms with Gasteiger partial charge in [0.05, 0.1) is 0 Å². The lowest BCUT2D eigenvalue weighted by Gasteiger charge is -2.33. The molecule has 1 aromatic rings. The van der Waals surface area contributed by atoms with Gasteiger partial charge in [-0.1, -0.05) is 29.8 Å². The van der Waals surface area contributed by atoms with Crippen molar-refractivity contribution >= 4 is 0 Å². The number of nitrogens with one attached hydrogen (secondary N) is 1. The summed E-state index contributed by atoms with van der Waals surface area (Å²) >= 11 is 0. The zero-order valence-electron chi connectivity index (χ0n) is 12.7. The molecule has 1 atom stereocenters. The molecule has 0 amide bonds. The number of hydrogen-bond donors (Lipinski definition) is 1. The third-order valence-electron chi connectivity index (χ3n) is 4.43. The second kappa shape index (κ2) is 7.06. The van der Waals surface area contributed by atoms with E-state index in [0.717, 1.165) is 18.9 Å². The Labute approximate surface area is 118 Å². The van der Waals surface area contributed by atoms with Crippen molar-refractivity contribution in [2.24, 2.45) is 5.92 Å². The van der Waals surface area contributed by atoms with Crippen LogP contribution in [-0.4, -0.2) is 37.6 Å². The van der Waals surface area contributed by atoms with E-state index in [9.17, 15) is 0 Å². The maximum absolute atomic E-state index is 3.72. The van der Waals surface area contributed by atoms with E-state index >= 15 is 0 Å². The fourth-order valence-corrected chi connectivity index (χ4v) is 3.01. The van der Waals surface area contributed by atoms with Gasteiger partial charge in [0.15, 0.2) is 0 Å². The molecular formula is C17H28N2. The lowest BCUT2D eigenvalue weighted by Crippen LogP contribution is -2.41. The number of nitrogens with zero attached hydrogens (tertiary/aromatic N) is 1. The summed E-state index contributed by atoms with van der Waals surface area (Å²) in [6.07, 6.45) is 3.82. The summed E-state index contributed by atoms with van der Waals surface area (Å²) < 4.78 is 0. The van der Waals surface area contributed by atoms with Crippen molar-refractivity contribution < 1.29 is 0 Å². The maximum Gasteiger partial charge on any atom is 0.00680 e. The smallest absolute Gasteiger partial charge is 0.00680 e. The first-order valence-corrected chi connectivity index (χ1v) is 7.62. The summed E-state index contributed by atoms with van der Waals surface area (Å²) in [4.78, 5) is 2.44. The minimum Gasteiger partial charge on any atom is -0.314 e. The van der Waals surface area contributed by atoms with Crippen LogP contribution in [0, 0.1) is 12.8 Å². The molecule has 19 heavy (non-hydrogen) atoms. The highest BCUT2D eigenvalue weighted by molar-refractivity contribution is 5.22. The van der Waals surface area contributed by atoms with Gasteiger partial charge in [-0.15, -0.1) is 0 Å². The first-order chi connectivity index (χ1) is 9.15. The van der Waals surface area contributed by atoms with Crippen LogP contribution in [0.4, 0.5) is 0 Å². The molecule has 0 aromatic heterocycles. The number of piperidine rings is 1. The summed E-state index contributed by atoms with van der Waals surface area (Å²) in [6.45, 7) is 8.13. The van der Waals surface area contributed by atoms with Crippen molar-refractivity contribution in [1.29, 1.82) is 0 Å². The molecule has 1 aliphatic heterocycles. The number of hydrogen-bond acceptors (Lipinski definition) is 2. The summed E-state index contributed by atoms with van der Waals surface area (Å²) in [5.41, 5.74) is 2.81. The zero-order chi connectivity index (χ0) is 13.7. The van der Waals surface area contributed by atoms with Gasteiger partial charge in [-0.05, 0) is 71.3 Å². The van der Waals surface area contributed by atoms with Crippen LogP contribution in [0.25, 0.3) is 0 Å². The number of benzene rings is 1. The summed E-state index contributed by atoms with van der Waals surface area (Å²) in [6, 6.07) is 9.50. The fourth-order valence-electron chi connectivity index (χ4n) is 3.01. The van der Waals surface area contributed by atoms with Gasteiger partial charge in [-0.2, -0.15) is 0 Å². The van der Waals surface area contributed by atoms with Crippen LogP contribution < -0.4 is 5.32 Å². The monoisotopic (exact) mass is 260 g/mol. The van der Waals surface area contributed by atoms with Crippen LogP contribution in [0.3, 0.4) is 0 Å². The molecule has 1 heterocycles. The molecule has 1 aromatic carbocycles. The largest absolute Gasteiger partial charge is 0.314 e. The first-order valence-electron chi connectivity index (χ1n) is 7.62. The predicted octanol–water partition coefficient (Wildman–Crippen LogP) is 2.86. The second-order valence-corrected chi connectivity index (χ2v) is 6.12. The van der Waals surface area contributed by atoms with Gasteiger partial charge in [0, 0.05) is 6.04 Å². The third-order valence-corrected chi connectivity index (χ3v) is 4.43. The Morgan fingerprint density at radius 1 is 1.32 bits per heavy atom. The Morgan fingerprint density at radius 3 is 2.74 bits per heavy atom. The molecule has 0 bridgehead atoms. The number of likely N-dealkylation sites (tertiary alicyclic amines) is 1. The van der Waals surface area contributed by atoms with Gasteiger partial charge in [-0.25, -0.2) is 0 Å². The average Bonchev–Trinajstić information content (AvgIpc) is 2.39. The summed E-state index contributed by atoms with van der Waals surface area (Å²) in [5, 5.41) is 3.72. The van der Waals surface area contributed by atoms with Gasteiger partial charge in [0.25, 0.3) is 0 Å². The highest BCUT2D eigenvalue weighted by Crippen LogP contribution is 2.19. The van der Waals surface area contributed by atoms with E-state index in [1.54, 1.807) is 0 Å². The van der Waals surface area contributed by atoms with Gasteiger partial charge < -0.3 is 10.2 Å². The standard InChI is InChI=1S/C17H28N2/c1-14-5-4-6-16(13-14)7-10-18-15(2)17-8-11-19(3)12-9-17/h4-6,13,15,17-18H,7-12H2,1-3H3. The van der Waals surface area contributed by atoms with Crippen LogP contribution in [-0.2, 0) is 6.42 Å². The maximum atomic E-state index is 3.72. The van der Waals surface area contributed by atoms with E-state index in [2.05, 4.69) is 55.4 Å². The molecule has 1 saturated heterocycles. The van der Waals surface area contributed by atoms with Crippen LogP contribution in [0.2, 0.25) is 0 Å². The number of aryl methyl sites for hydroxylation is 1. The van der Waals surface area contributed by atoms with Crippen molar-refractivity contribution in [3.05, 3.63) is 35.4 Å². The predicted molar refractivity (Wildman–Crippen MR) is 82.6 cm³/mol. The van der Waals surface area contributed by atoms with Gasteiger partial charge in [-0.3, -0.25) is 0 Å². The van der Waals surface area contributed by atoms with Crippen molar-refractivity contribution in [3.8, 4) is 0 Å². The third kappa shape index (κ3) is 4.63. The second-order valence-electron chi connectivity index (χ2n) is 6.12. The minimum absolute atomic E-state index is 0.651. The molecule has 0 saturated carbocycles. The van der Waals surface area contributed by atoms with E-state index in [0.29, 0.717) is 6.04 Å². The molecule has 1 N–H and O–H groups in total. The normalized spacial score (nSPS) is 19.5. The lowest BCUT2D eigenvalue weighted by atomic mass is 9.90. The van der Waals surface area contributed by atoms with Crippen LogP contribution in [0.5, 0.6) is 0 Å². The Morgan fingerprint density at radius 2 is 2.05 bits per heavy atom. The van der Waals surface area contributed by atoms with Gasteiger partial charge >= 0.3 is 0 Å². The number of rotatable bonds is 5. The molecular weight excluding hydrogens is 232 g/mol. The van der Waals surface area contributed by atoms with Crippen LogP contribution in [0.15, 0.2) is 24.3 Å². The van der Waals surface area contributed by atoms with Gasteiger partial charge in [0.2, 0.25) is 0 Å². The van der Waals surface area contributed by atoms with Gasteiger partial charge in [0.1, 0.15) is 0 Å². The van der Waals surface area contributed by atoms with Crippen molar-refractivity contribution in [2.45, 2.75) is 39.2 Å². The van der Waals surface area contributed by atoms with E-state index in [1.807, 2.05) is 0 Å².